The number of carboxylic acids is 1. The van der Waals surface area contributed by atoms with Gasteiger partial charge in [0.05, 0.1) is 5.75 Å². The number of aliphatic carboxylic acids is 1. The number of rotatable bonds is 7. The number of aliphatic hydroxyl groups is 1. The number of hydrogen-bond acceptors (Lipinski definition) is 6. The Labute approximate surface area is 130 Å². The highest BCUT2D eigenvalue weighted by atomic mass is 32.2. The maximum atomic E-state index is 10.7. The molecule has 2 heterocycles. The Kier molecular flexibility index (Phi) is 5.38. The molecule has 114 valence electrons. The van der Waals surface area contributed by atoms with Gasteiger partial charge in [0, 0.05) is 22.2 Å². The molecule has 8 heteroatoms. The van der Waals surface area contributed by atoms with Crippen molar-refractivity contribution < 1.29 is 15.0 Å². The van der Waals surface area contributed by atoms with E-state index in [0.29, 0.717) is 11.0 Å². The number of carboxylic acid groups (broad SMARTS) is 1. The van der Waals surface area contributed by atoms with Gasteiger partial charge in [-0.1, -0.05) is 11.8 Å². The van der Waals surface area contributed by atoms with Crippen LogP contribution in [0.4, 0.5) is 0 Å². The molecule has 0 aliphatic carbocycles. The second kappa shape index (κ2) is 7.06. The highest BCUT2D eigenvalue weighted by molar-refractivity contribution is 7.99. The van der Waals surface area contributed by atoms with Crippen LogP contribution in [-0.4, -0.2) is 36.7 Å². The van der Waals surface area contributed by atoms with E-state index in [9.17, 15) is 9.90 Å². The molecule has 0 bridgehead atoms. The van der Waals surface area contributed by atoms with Gasteiger partial charge in [0.1, 0.15) is 6.61 Å². The van der Waals surface area contributed by atoms with E-state index >= 15 is 0 Å². The van der Waals surface area contributed by atoms with Crippen molar-refractivity contribution in [3.05, 3.63) is 27.7 Å². The normalized spacial score (nSPS) is 12.5. The standard InChI is InChI=1S/C13H17N3O3S2/c1-8(5-10-4-3-9(2)21-10)16-11(6-17)14-15-13(16)20-7-12(18)19/h3-4,8,17H,5-7H2,1-2H3,(H,18,19). The molecule has 0 saturated heterocycles. The molecule has 0 aliphatic rings. The largest absolute Gasteiger partial charge is 0.481 e. The smallest absolute Gasteiger partial charge is 0.313 e. The third-order valence-corrected chi connectivity index (χ3v) is 4.89. The number of thioether (sulfide) groups is 1. The minimum atomic E-state index is -0.901. The number of carbonyl (C=O) groups is 1. The zero-order valence-corrected chi connectivity index (χ0v) is 13.4. The van der Waals surface area contributed by atoms with Crippen molar-refractivity contribution in [2.45, 2.75) is 38.1 Å². The Morgan fingerprint density at radius 3 is 2.81 bits per heavy atom. The first-order valence-corrected chi connectivity index (χ1v) is 8.26. The second-order valence-electron chi connectivity index (χ2n) is 4.67. The van der Waals surface area contributed by atoms with E-state index in [1.165, 1.54) is 9.75 Å². The molecule has 2 aromatic heterocycles. The van der Waals surface area contributed by atoms with Crippen molar-refractivity contribution in [1.82, 2.24) is 14.8 Å². The number of aromatic nitrogens is 3. The van der Waals surface area contributed by atoms with Crippen molar-refractivity contribution in [2.75, 3.05) is 5.75 Å². The maximum absolute atomic E-state index is 10.7. The molecule has 0 aliphatic heterocycles. The van der Waals surface area contributed by atoms with E-state index < -0.39 is 5.97 Å². The number of aryl methyl sites for hydroxylation is 1. The van der Waals surface area contributed by atoms with E-state index in [-0.39, 0.29) is 18.4 Å². The van der Waals surface area contributed by atoms with Gasteiger partial charge >= 0.3 is 5.97 Å². The predicted octanol–water partition coefficient (Wildman–Crippen LogP) is 2.12. The molecule has 0 amide bonds. The van der Waals surface area contributed by atoms with Crippen molar-refractivity contribution in [1.29, 1.82) is 0 Å². The van der Waals surface area contributed by atoms with Gasteiger partial charge in [-0.25, -0.2) is 0 Å². The molecule has 0 fully saturated rings. The van der Waals surface area contributed by atoms with Crippen LogP contribution in [0.25, 0.3) is 0 Å². The summed E-state index contributed by atoms with van der Waals surface area (Å²) in [5, 5.41) is 26.6. The number of thiophene rings is 1. The van der Waals surface area contributed by atoms with Gasteiger partial charge < -0.3 is 14.8 Å². The summed E-state index contributed by atoms with van der Waals surface area (Å²) in [6.45, 7) is 3.86. The van der Waals surface area contributed by atoms with E-state index in [1.54, 1.807) is 11.3 Å². The average molecular weight is 327 g/mol. The van der Waals surface area contributed by atoms with Gasteiger partial charge in [0.25, 0.3) is 0 Å². The number of nitrogens with zero attached hydrogens (tertiary/aromatic N) is 3. The molecule has 0 spiro atoms. The Balaban J connectivity index is 2.19. The first-order chi connectivity index (χ1) is 10.0. The van der Waals surface area contributed by atoms with Crippen LogP contribution >= 0.6 is 23.1 Å². The van der Waals surface area contributed by atoms with Gasteiger partial charge in [0.2, 0.25) is 0 Å². The lowest BCUT2D eigenvalue weighted by Crippen LogP contribution is -2.13. The van der Waals surface area contributed by atoms with Crippen molar-refractivity contribution >= 4 is 29.1 Å². The third kappa shape index (κ3) is 4.05. The lowest BCUT2D eigenvalue weighted by molar-refractivity contribution is -0.133. The minimum Gasteiger partial charge on any atom is -0.481 e. The molecule has 0 radical (unpaired) electrons. The van der Waals surface area contributed by atoms with E-state index in [2.05, 4.69) is 29.3 Å². The van der Waals surface area contributed by atoms with Gasteiger partial charge in [-0.15, -0.1) is 21.5 Å². The average Bonchev–Trinajstić information content (AvgIpc) is 3.02. The van der Waals surface area contributed by atoms with E-state index in [4.69, 9.17) is 5.11 Å². The molecule has 2 rings (SSSR count). The zero-order chi connectivity index (χ0) is 15.4. The molecule has 1 atom stereocenters. The monoisotopic (exact) mass is 327 g/mol. The number of aliphatic hydroxyl groups excluding tert-OH is 1. The first-order valence-electron chi connectivity index (χ1n) is 6.45. The van der Waals surface area contributed by atoms with Crippen LogP contribution in [0.1, 0.15) is 28.5 Å². The van der Waals surface area contributed by atoms with Crippen LogP contribution in [0.2, 0.25) is 0 Å². The molecule has 2 N–H and O–H groups in total. The van der Waals surface area contributed by atoms with E-state index in [1.807, 2.05) is 11.5 Å². The summed E-state index contributed by atoms with van der Waals surface area (Å²) in [4.78, 5) is 13.2. The molecule has 6 nitrogen and oxygen atoms in total. The van der Waals surface area contributed by atoms with Crippen molar-refractivity contribution in [3.8, 4) is 0 Å². The number of hydrogen-bond donors (Lipinski definition) is 2. The molecular formula is C13H17N3O3S2. The zero-order valence-electron chi connectivity index (χ0n) is 11.8. The first kappa shape index (κ1) is 16.0. The summed E-state index contributed by atoms with van der Waals surface area (Å²) in [5.74, 6) is -0.515. The lowest BCUT2D eigenvalue weighted by Gasteiger charge is -2.16. The van der Waals surface area contributed by atoms with E-state index in [0.717, 1.165) is 18.2 Å². The molecule has 2 aromatic rings. The Bertz CT molecular complexity index is 624. The van der Waals surface area contributed by atoms with Gasteiger partial charge in [-0.3, -0.25) is 4.79 Å². The highest BCUT2D eigenvalue weighted by Gasteiger charge is 2.19. The summed E-state index contributed by atoms with van der Waals surface area (Å²) >= 11 is 2.85. The van der Waals surface area contributed by atoms with Crippen molar-refractivity contribution in [2.24, 2.45) is 0 Å². The Hall–Kier alpha value is -1.38. The summed E-state index contributed by atoms with van der Waals surface area (Å²) in [7, 11) is 0. The van der Waals surface area contributed by atoms with Crippen LogP contribution in [-0.2, 0) is 17.8 Å². The fraction of sp³-hybridized carbons (Fsp3) is 0.462. The summed E-state index contributed by atoms with van der Waals surface area (Å²) in [6.07, 6.45) is 0.796. The van der Waals surface area contributed by atoms with Gasteiger partial charge in [-0.2, -0.15) is 0 Å². The highest BCUT2D eigenvalue weighted by Crippen LogP contribution is 2.26. The fourth-order valence-corrected chi connectivity index (χ4v) is 3.85. The van der Waals surface area contributed by atoms with Crippen LogP contribution in [0.5, 0.6) is 0 Å². The molecule has 1 unspecified atom stereocenters. The van der Waals surface area contributed by atoms with Gasteiger partial charge in [-0.05, 0) is 26.0 Å². The minimum absolute atomic E-state index is 0.0523. The fourth-order valence-electron chi connectivity index (χ4n) is 2.06. The molecule has 0 saturated carbocycles. The SMILES string of the molecule is Cc1ccc(CC(C)n2c(CO)nnc2SCC(=O)O)s1. The lowest BCUT2D eigenvalue weighted by atomic mass is 10.2. The summed E-state index contributed by atoms with van der Waals surface area (Å²) < 4.78 is 1.82. The Morgan fingerprint density at radius 2 is 2.24 bits per heavy atom. The molecule has 0 aromatic carbocycles. The molecule has 21 heavy (non-hydrogen) atoms. The predicted molar refractivity (Wildman–Crippen MR) is 81.8 cm³/mol. The van der Waals surface area contributed by atoms with Crippen LogP contribution in [0, 0.1) is 6.92 Å². The van der Waals surface area contributed by atoms with Gasteiger partial charge in [0.15, 0.2) is 11.0 Å². The topological polar surface area (TPSA) is 88.2 Å². The van der Waals surface area contributed by atoms with Crippen molar-refractivity contribution in [3.63, 3.8) is 0 Å². The Morgan fingerprint density at radius 1 is 1.48 bits per heavy atom. The van der Waals surface area contributed by atoms with Crippen LogP contribution < -0.4 is 0 Å². The maximum Gasteiger partial charge on any atom is 0.313 e. The van der Waals surface area contributed by atoms with Crippen LogP contribution in [0.15, 0.2) is 17.3 Å². The second-order valence-corrected chi connectivity index (χ2v) is 6.99. The third-order valence-electron chi connectivity index (χ3n) is 2.93. The summed E-state index contributed by atoms with van der Waals surface area (Å²) in [5.41, 5.74) is 0. The molecular weight excluding hydrogens is 310 g/mol. The quantitative estimate of drug-likeness (QED) is 0.757. The summed E-state index contributed by atoms with van der Waals surface area (Å²) in [6, 6.07) is 4.21. The van der Waals surface area contributed by atoms with Crippen LogP contribution in [0.3, 0.4) is 0 Å².